The third-order valence-electron chi connectivity index (χ3n) is 3.25. The molecule has 0 radical (unpaired) electrons. The molecule has 0 aliphatic rings. The molecular weight excluding hydrogens is 292 g/mol. The minimum absolute atomic E-state index is 0.254. The summed E-state index contributed by atoms with van der Waals surface area (Å²) in [4.78, 5) is 19.1. The molecular formula is C15H13ClN2O3. The van der Waals surface area contributed by atoms with Gasteiger partial charge in [0, 0.05) is 16.3 Å². The number of benzene rings is 1. The van der Waals surface area contributed by atoms with Crippen molar-refractivity contribution in [2.24, 2.45) is 0 Å². The first-order valence-electron chi connectivity index (χ1n) is 6.46. The quantitative estimate of drug-likeness (QED) is 0.752. The first-order valence-corrected chi connectivity index (χ1v) is 6.84. The van der Waals surface area contributed by atoms with Gasteiger partial charge in [-0.25, -0.2) is 9.78 Å². The van der Waals surface area contributed by atoms with Gasteiger partial charge in [0.05, 0.1) is 30.5 Å². The number of carbonyl (C=O) groups excluding carboxylic acids is 1. The maximum atomic E-state index is 11.8. The number of hydrogen-bond acceptors (Lipinski definition) is 4. The molecule has 0 aliphatic heterocycles. The van der Waals surface area contributed by atoms with Crippen LogP contribution >= 0.6 is 11.6 Å². The van der Waals surface area contributed by atoms with Gasteiger partial charge in [-0.1, -0.05) is 11.6 Å². The fourth-order valence-electron chi connectivity index (χ4n) is 2.31. The number of halogens is 1. The van der Waals surface area contributed by atoms with Gasteiger partial charge in [0.15, 0.2) is 0 Å². The number of hydrogen-bond donors (Lipinski definition) is 1. The van der Waals surface area contributed by atoms with Crippen molar-refractivity contribution in [2.75, 3.05) is 13.7 Å². The number of pyridine rings is 1. The predicted molar refractivity (Wildman–Crippen MR) is 81.1 cm³/mol. The van der Waals surface area contributed by atoms with Gasteiger partial charge < -0.3 is 14.5 Å². The van der Waals surface area contributed by atoms with Crippen molar-refractivity contribution in [3.05, 3.63) is 35.1 Å². The number of methoxy groups -OCH3 is 1. The van der Waals surface area contributed by atoms with Gasteiger partial charge in [-0.05, 0) is 25.1 Å². The van der Waals surface area contributed by atoms with E-state index < -0.39 is 5.97 Å². The van der Waals surface area contributed by atoms with E-state index in [2.05, 4.69) is 9.97 Å². The fraction of sp³-hybridized carbons (Fsp3) is 0.200. The second kappa shape index (κ2) is 5.26. The first-order chi connectivity index (χ1) is 10.2. The van der Waals surface area contributed by atoms with E-state index >= 15 is 0 Å². The van der Waals surface area contributed by atoms with Gasteiger partial charge in [0.25, 0.3) is 0 Å². The zero-order valence-corrected chi connectivity index (χ0v) is 12.3. The van der Waals surface area contributed by atoms with Crippen LogP contribution in [0.3, 0.4) is 0 Å². The maximum absolute atomic E-state index is 11.8. The SMILES string of the molecule is CCOC(=O)c1cc2c(cn1)[nH]c1ccc(OC)c(Cl)c12. The second-order valence-electron chi connectivity index (χ2n) is 4.46. The van der Waals surface area contributed by atoms with Crippen molar-refractivity contribution in [1.82, 2.24) is 9.97 Å². The average molecular weight is 305 g/mol. The van der Waals surface area contributed by atoms with Gasteiger partial charge in [0.1, 0.15) is 11.4 Å². The van der Waals surface area contributed by atoms with Gasteiger partial charge in [-0.2, -0.15) is 0 Å². The number of carbonyl (C=O) groups is 1. The van der Waals surface area contributed by atoms with Crippen LogP contribution in [0.5, 0.6) is 5.75 Å². The summed E-state index contributed by atoms with van der Waals surface area (Å²) in [6.07, 6.45) is 1.60. The topological polar surface area (TPSA) is 64.2 Å². The number of aromatic amines is 1. The molecule has 0 fully saturated rings. The van der Waals surface area contributed by atoms with Gasteiger partial charge >= 0.3 is 5.97 Å². The van der Waals surface area contributed by atoms with E-state index in [0.29, 0.717) is 17.4 Å². The molecule has 3 aromatic rings. The van der Waals surface area contributed by atoms with E-state index in [1.54, 1.807) is 32.4 Å². The number of aromatic nitrogens is 2. The lowest BCUT2D eigenvalue weighted by Gasteiger charge is -2.04. The Labute approximate surface area is 125 Å². The van der Waals surface area contributed by atoms with Gasteiger partial charge in [0.2, 0.25) is 0 Å². The largest absolute Gasteiger partial charge is 0.495 e. The van der Waals surface area contributed by atoms with E-state index in [-0.39, 0.29) is 5.69 Å². The highest BCUT2D eigenvalue weighted by Crippen LogP contribution is 2.37. The summed E-state index contributed by atoms with van der Waals surface area (Å²) < 4.78 is 10.2. The Morgan fingerprint density at radius 3 is 2.90 bits per heavy atom. The van der Waals surface area contributed by atoms with Gasteiger partial charge in [-0.15, -0.1) is 0 Å². The zero-order chi connectivity index (χ0) is 15.0. The second-order valence-corrected chi connectivity index (χ2v) is 4.84. The molecule has 21 heavy (non-hydrogen) atoms. The smallest absolute Gasteiger partial charge is 0.356 e. The van der Waals surface area contributed by atoms with E-state index in [9.17, 15) is 4.79 Å². The number of ether oxygens (including phenoxy) is 2. The Hall–Kier alpha value is -2.27. The van der Waals surface area contributed by atoms with E-state index in [0.717, 1.165) is 21.8 Å². The molecule has 0 bridgehead atoms. The summed E-state index contributed by atoms with van der Waals surface area (Å²) in [5.74, 6) is 0.132. The predicted octanol–water partition coefficient (Wildman–Crippen LogP) is 3.55. The van der Waals surface area contributed by atoms with Gasteiger partial charge in [-0.3, -0.25) is 0 Å². The van der Waals surface area contributed by atoms with Crippen LogP contribution in [0.25, 0.3) is 21.8 Å². The molecule has 3 rings (SSSR count). The van der Waals surface area contributed by atoms with Crippen molar-refractivity contribution < 1.29 is 14.3 Å². The van der Waals surface area contributed by atoms with Crippen LogP contribution in [0.4, 0.5) is 0 Å². The number of H-pyrrole nitrogens is 1. The Bertz CT molecular complexity index is 842. The Morgan fingerprint density at radius 1 is 1.38 bits per heavy atom. The van der Waals surface area contributed by atoms with Crippen LogP contribution in [-0.4, -0.2) is 29.7 Å². The molecule has 6 heteroatoms. The molecule has 0 saturated heterocycles. The summed E-state index contributed by atoms with van der Waals surface area (Å²) in [7, 11) is 1.56. The minimum Gasteiger partial charge on any atom is -0.495 e. The molecule has 108 valence electrons. The standard InChI is InChI=1S/C15H13ClN2O3/c1-3-21-15(19)10-6-8-11(7-17-10)18-9-4-5-12(20-2)14(16)13(8)9/h4-7,18H,3H2,1-2H3. The van der Waals surface area contributed by atoms with Crippen LogP contribution < -0.4 is 4.74 Å². The van der Waals surface area contributed by atoms with Crippen molar-refractivity contribution in [2.45, 2.75) is 6.92 Å². The number of nitrogens with zero attached hydrogens (tertiary/aromatic N) is 1. The lowest BCUT2D eigenvalue weighted by molar-refractivity contribution is 0.0520. The molecule has 0 spiro atoms. The van der Waals surface area contributed by atoms with E-state index in [4.69, 9.17) is 21.1 Å². The molecule has 2 aromatic heterocycles. The number of rotatable bonds is 3. The van der Waals surface area contributed by atoms with Crippen LogP contribution in [0.2, 0.25) is 5.02 Å². The molecule has 0 saturated carbocycles. The third-order valence-corrected chi connectivity index (χ3v) is 3.63. The van der Waals surface area contributed by atoms with Crippen molar-refractivity contribution >= 4 is 39.4 Å². The average Bonchev–Trinajstić information content (AvgIpc) is 2.86. The lowest BCUT2D eigenvalue weighted by atomic mass is 10.1. The molecule has 2 heterocycles. The summed E-state index contributed by atoms with van der Waals surface area (Å²) in [5, 5.41) is 2.12. The fourth-order valence-corrected chi connectivity index (χ4v) is 2.65. The molecule has 1 aromatic carbocycles. The monoisotopic (exact) mass is 304 g/mol. The molecule has 1 N–H and O–H groups in total. The van der Waals surface area contributed by atoms with E-state index in [1.807, 2.05) is 6.07 Å². The Balaban J connectivity index is 2.27. The van der Waals surface area contributed by atoms with Crippen molar-refractivity contribution in [1.29, 1.82) is 0 Å². The van der Waals surface area contributed by atoms with E-state index in [1.165, 1.54) is 0 Å². The maximum Gasteiger partial charge on any atom is 0.356 e. The van der Waals surface area contributed by atoms with Crippen LogP contribution in [0.1, 0.15) is 17.4 Å². The van der Waals surface area contributed by atoms with Crippen molar-refractivity contribution in [3.8, 4) is 5.75 Å². The molecule has 0 atom stereocenters. The normalized spacial score (nSPS) is 11.0. The Morgan fingerprint density at radius 2 is 2.19 bits per heavy atom. The number of esters is 1. The molecule has 0 amide bonds. The molecule has 0 unspecified atom stereocenters. The summed E-state index contributed by atoms with van der Waals surface area (Å²) in [6, 6.07) is 5.35. The Kier molecular flexibility index (Phi) is 3.43. The van der Waals surface area contributed by atoms with Crippen LogP contribution in [0.15, 0.2) is 24.4 Å². The van der Waals surface area contributed by atoms with Crippen LogP contribution in [0, 0.1) is 0 Å². The first kappa shape index (κ1) is 13.7. The number of nitrogens with one attached hydrogen (secondary N) is 1. The molecule has 5 nitrogen and oxygen atoms in total. The van der Waals surface area contributed by atoms with Crippen LogP contribution in [-0.2, 0) is 4.74 Å². The van der Waals surface area contributed by atoms with Crippen molar-refractivity contribution in [3.63, 3.8) is 0 Å². The molecule has 0 aliphatic carbocycles. The highest BCUT2D eigenvalue weighted by molar-refractivity contribution is 6.39. The zero-order valence-electron chi connectivity index (χ0n) is 11.6. The minimum atomic E-state index is -0.451. The number of fused-ring (bicyclic) bond motifs is 3. The summed E-state index contributed by atoms with van der Waals surface area (Å²) >= 11 is 6.37. The third kappa shape index (κ3) is 2.19. The highest BCUT2D eigenvalue weighted by atomic mass is 35.5. The summed E-state index contributed by atoms with van der Waals surface area (Å²) in [6.45, 7) is 2.06. The highest BCUT2D eigenvalue weighted by Gasteiger charge is 2.15. The summed E-state index contributed by atoms with van der Waals surface area (Å²) in [5.41, 5.74) is 1.91. The lowest BCUT2D eigenvalue weighted by Crippen LogP contribution is -2.06.